The SMILES string of the molecule is CC1(C)CCC(C)(C)c2cc3cc(C=C(CO)c4cccc(C(F)(F)F)c4)ccc3cc21. The average molecular weight is 439 g/mol. The highest BCUT2D eigenvalue weighted by Crippen LogP contribution is 2.47. The summed E-state index contributed by atoms with van der Waals surface area (Å²) >= 11 is 0. The molecule has 4 heteroatoms. The fraction of sp³-hybridized carbons (Fsp3) is 0.357. The Kier molecular flexibility index (Phi) is 5.49. The lowest BCUT2D eigenvalue weighted by atomic mass is 9.63. The fourth-order valence-electron chi connectivity index (χ4n) is 4.74. The minimum atomic E-state index is -4.42. The van der Waals surface area contributed by atoms with Gasteiger partial charge in [0.1, 0.15) is 0 Å². The Morgan fingerprint density at radius 2 is 1.50 bits per heavy atom. The van der Waals surface area contributed by atoms with Crippen LogP contribution in [0.5, 0.6) is 0 Å². The lowest BCUT2D eigenvalue weighted by Gasteiger charge is -2.42. The smallest absolute Gasteiger partial charge is 0.392 e. The molecule has 0 aliphatic heterocycles. The molecule has 0 bridgehead atoms. The molecular formula is C28H29F3O. The molecular weight excluding hydrogens is 409 g/mol. The number of rotatable bonds is 3. The number of alkyl halides is 3. The maximum absolute atomic E-state index is 13.1. The summed E-state index contributed by atoms with van der Waals surface area (Å²) in [6.07, 6.45) is -0.374. The van der Waals surface area contributed by atoms with Crippen molar-refractivity contribution in [1.82, 2.24) is 0 Å². The number of hydrogen-bond acceptors (Lipinski definition) is 1. The van der Waals surface area contributed by atoms with Gasteiger partial charge in [0.05, 0.1) is 12.2 Å². The third-order valence-corrected chi connectivity index (χ3v) is 6.91. The van der Waals surface area contributed by atoms with E-state index >= 15 is 0 Å². The van der Waals surface area contributed by atoms with Crippen molar-refractivity contribution in [1.29, 1.82) is 0 Å². The Balaban J connectivity index is 1.79. The van der Waals surface area contributed by atoms with Gasteiger partial charge in [-0.15, -0.1) is 0 Å². The van der Waals surface area contributed by atoms with E-state index in [-0.39, 0.29) is 17.4 Å². The zero-order valence-electron chi connectivity index (χ0n) is 19.0. The van der Waals surface area contributed by atoms with Crippen LogP contribution in [-0.4, -0.2) is 11.7 Å². The Labute approximate surface area is 187 Å². The Morgan fingerprint density at radius 1 is 0.875 bits per heavy atom. The molecule has 1 aliphatic carbocycles. The first kappa shape index (κ1) is 22.6. The standard InChI is InChI=1S/C28H29F3O/c1-26(2)10-11-27(3,4)25-16-21-12-18(8-9-20(21)15-24(25)26)13-22(17-32)19-6-5-7-23(14-19)28(29,30)31/h5-9,12-16,32H,10-11,17H2,1-4H3. The van der Waals surface area contributed by atoms with Gasteiger partial charge in [-0.2, -0.15) is 13.2 Å². The van der Waals surface area contributed by atoms with E-state index in [2.05, 4.69) is 52.0 Å². The van der Waals surface area contributed by atoms with Crippen molar-refractivity contribution in [3.63, 3.8) is 0 Å². The fourth-order valence-corrected chi connectivity index (χ4v) is 4.74. The average Bonchev–Trinajstić information content (AvgIpc) is 2.74. The summed E-state index contributed by atoms with van der Waals surface area (Å²) in [5, 5.41) is 12.1. The first-order valence-corrected chi connectivity index (χ1v) is 11.0. The Bertz CT molecular complexity index is 1200. The molecule has 0 amide bonds. The largest absolute Gasteiger partial charge is 0.416 e. The maximum Gasteiger partial charge on any atom is 0.416 e. The van der Waals surface area contributed by atoms with Crippen molar-refractivity contribution in [3.05, 3.63) is 82.4 Å². The van der Waals surface area contributed by atoms with Gasteiger partial charge in [-0.05, 0) is 86.5 Å². The molecule has 168 valence electrons. The van der Waals surface area contributed by atoms with Crippen LogP contribution in [0.1, 0.15) is 68.4 Å². The highest BCUT2D eigenvalue weighted by Gasteiger charge is 2.37. The number of aliphatic hydroxyl groups excluding tert-OH is 1. The van der Waals surface area contributed by atoms with E-state index in [4.69, 9.17) is 0 Å². The molecule has 1 aliphatic rings. The van der Waals surface area contributed by atoms with E-state index in [1.54, 1.807) is 12.1 Å². The minimum Gasteiger partial charge on any atom is -0.392 e. The van der Waals surface area contributed by atoms with Crippen molar-refractivity contribution >= 4 is 22.4 Å². The van der Waals surface area contributed by atoms with E-state index in [0.717, 1.165) is 41.3 Å². The van der Waals surface area contributed by atoms with Gasteiger partial charge < -0.3 is 5.11 Å². The highest BCUT2D eigenvalue weighted by atomic mass is 19.4. The van der Waals surface area contributed by atoms with Gasteiger partial charge in [0.15, 0.2) is 0 Å². The van der Waals surface area contributed by atoms with E-state index in [1.165, 1.54) is 17.2 Å². The molecule has 0 saturated carbocycles. The lowest BCUT2D eigenvalue weighted by Crippen LogP contribution is -2.33. The third kappa shape index (κ3) is 4.21. The quantitative estimate of drug-likeness (QED) is 0.415. The van der Waals surface area contributed by atoms with Gasteiger partial charge in [0, 0.05) is 0 Å². The molecule has 0 saturated heterocycles. The summed E-state index contributed by atoms with van der Waals surface area (Å²) < 4.78 is 39.3. The van der Waals surface area contributed by atoms with E-state index in [9.17, 15) is 18.3 Å². The summed E-state index contributed by atoms with van der Waals surface area (Å²) in [7, 11) is 0. The molecule has 32 heavy (non-hydrogen) atoms. The molecule has 1 nitrogen and oxygen atoms in total. The van der Waals surface area contributed by atoms with Crippen LogP contribution >= 0.6 is 0 Å². The summed E-state index contributed by atoms with van der Waals surface area (Å²) in [6, 6.07) is 15.7. The molecule has 4 rings (SSSR count). The summed E-state index contributed by atoms with van der Waals surface area (Å²) in [4.78, 5) is 0. The number of fused-ring (bicyclic) bond motifs is 2. The maximum atomic E-state index is 13.1. The zero-order valence-corrected chi connectivity index (χ0v) is 19.0. The van der Waals surface area contributed by atoms with Crippen molar-refractivity contribution in [2.24, 2.45) is 0 Å². The highest BCUT2D eigenvalue weighted by molar-refractivity contribution is 5.90. The second-order valence-electron chi connectivity index (χ2n) is 10.2. The molecule has 3 aromatic carbocycles. The van der Waals surface area contributed by atoms with Gasteiger partial charge in [-0.25, -0.2) is 0 Å². The van der Waals surface area contributed by atoms with E-state index in [0.29, 0.717) is 11.1 Å². The van der Waals surface area contributed by atoms with Crippen LogP contribution in [0.4, 0.5) is 13.2 Å². The second kappa shape index (κ2) is 7.77. The summed E-state index contributed by atoms with van der Waals surface area (Å²) in [6.45, 7) is 8.83. The molecule has 0 fully saturated rings. The van der Waals surface area contributed by atoms with Gasteiger partial charge in [0.2, 0.25) is 0 Å². The van der Waals surface area contributed by atoms with Crippen LogP contribution in [0, 0.1) is 0 Å². The van der Waals surface area contributed by atoms with Crippen molar-refractivity contribution in [2.45, 2.75) is 57.5 Å². The lowest BCUT2D eigenvalue weighted by molar-refractivity contribution is -0.137. The van der Waals surface area contributed by atoms with Crippen LogP contribution in [0.2, 0.25) is 0 Å². The predicted octanol–water partition coefficient (Wildman–Crippen LogP) is 7.74. The molecule has 1 N–H and O–H groups in total. The number of benzene rings is 3. The normalized spacial score (nSPS) is 17.9. The van der Waals surface area contributed by atoms with Gasteiger partial charge in [-0.3, -0.25) is 0 Å². The number of aliphatic hydroxyl groups is 1. The van der Waals surface area contributed by atoms with Crippen molar-refractivity contribution in [3.8, 4) is 0 Å². The number of halogens is 3. The topological polar surface area (TPSA) is 20.2 Å². The summed E-state index contributed by atoms with van der Waals surface area (Å²) in [5.41, 5.74) is 3.94. The first-order valence-electron chi connectivity index (χ1n) is 11.0. The zero-order chi connectivity index (χ0) is 23.3. The monoisotopic (exact) mass is 438 g/mol. The second-order valence-corrected chi connectivity index (χ2v) is 10.2. The van der Waals surface area contributed by atoms with E-state index < -0.39 is 11.7 Å². The third-order valence-electron chi connectivity index (χ3n) is 6.91. The molecule has 0 spiro atoms. The molecule has 0 radical (unpaired) electrons. The predicted molar refractivity (Wildman–Crippen MR) is 126 cm³/mol. The van der Waals surface area contributed by atoms with Crippen LogP contribution in [0.25, 0.3) is 22.4 Å². The van der Waals surface area contributed by atoms with E-state index in [1.807, 2.05) is 6.07 Å². The van der Waals surface area contributed by atoms with Crippen molar-refractivity contribution < 1.29 is 18.3 Å². The first-order chi connectivity index (χ1) is 14.9. The minimum absolute atomic E-state index is 0.0964. The van der Waals surface area contributed by atoms with Crippen molar-refractivity contribution in [2.75, 3.05) is 6.61 Å². The molecule has 3 aromatic rings. The van der Waals surface area contributed by atoms with Gasteiger partial charge >= 0.3 is 6.18 Å². The van der Waals surface area contributed by atoms with Crippen LogP contribution in [-0.2, 0) is 17.0 Å². The Morgan fingerprint density at radius 3 is 2.09 bits per heavy atom. The van der Waals surface area contributed by atoms with Crippen LogP contribution < -0.4 is 0 Å². The molecule has 0 aromatic heterocycles. The Hall–Kier alpha value is -2.59. The molecule has 0 heterocycles. The van der Waals surface area contributed by atoms with Gasteiger partial charge in [-0.1, -0.05) is 64.1 Å². The van der Waals surface area contributed by atoms with Crippen LogP contribution in [0.15, 0.2) is 54.6 Å². The van der Waals surface area contributed by atoms with Gasteiger partial charge in [0.25, 0.3) is 0 Å². The summed E-state index contributed by atoms with van der Waals surface area (Å²) in [5.74, 6) is 0. The van der Waals surface area contributed by atoms with Crippen LogP contribution in [0.3, 0.4) is 0 Å². The molecule has 0 unspecified atom stereocenters. The molecule has 0 atom stereocenters. The number of hydrogen-bond donors (Lipinski definition) is 1.